The van der Waals surface area contributed by atoms with Crippen LogP contribution in [0.5, 0.6) is 0 Å². The third-order valence-corrected chi connectivity index (χ3v) is 3.73. The smallest absolute Gasteiger partial charge is 0.240 e. The van der Waals surface area contributed by atoms with Crippen molar-refractivity contribution in [2.75, 3.05) is 11.9 Å². The van der Waals surface area contributed by atoms with E-state index in [0.717, 1.165) is 12.8 Å². The van der Waals surface area contributed by atoms with Gasteiger partial charge in [-0.3, -0.25) is 4.79 Å². The van der Waals surface area contributed by atoms with Gasteiger partial charge in [0, 0.05) is 22.3 Å². The predicted octanol–water partition coefficient (Wildman–Crippen LogP) is 2.64. The van der Waals surface area contributed by atoms with Gasteiger partial charge in [0.25, 0.3) is 0 Å². The number of halogens is 2. The molecule has 1 fully saturated rings. The van der Waals surface area contributed by atoms with Crippen molar-refractivity contribution >= 4 is 52.1 Å². The molecule has 102 valence electrons. The highest BCUT2D eigenvalue weighted by atomic mass is 35.5. The number of rotatable bonds is 2. The van der Waals surface area contributed by atoms with E-state index in [2.05, 4.69) is 5.32 Å². The number of amides is 1. The zero-order valence-corrected chi connectivity index (χ0v) is 12.4. The van der Waals surface area contributed by atoms with E-state index in [0.29, 0.717) is 27.4 Å². The van der Waals surface area contributed by atoms with Crippen molar-refractivity contribution in [3.8, 4) is 0 Å². The molecule has 1 atom stereocenters. The van der Waals surface area contributed by atoms with Gasteiger partial charge in [-0.15, -0.1) is 0 Å². The molecule has 7 heteroatoms. The van der Waals surface area contributed by atoms with Gasteiger partial charge in [0.1, 0.15) is 6.04 Å². The minimum Gasteiger partial charge on any atom is -0.368 e. The van der Waals surface area contributed by atoms with Crippen LogP contribution < -0.4 is 11.1 Å². The van der Waals surface area contributed by atoms with Crippen LogP contribution in [-0.2, 0) is 4.79 Å². The van der Waals surface area contributed by atoms with Gasteiger partial charge in [-0.1, -0.05) is 23.2 Å². The Labute approximate surface area is 126 Å². The van der Waals surface area contributed by atoms with Crippen molar-refractivity contribution in [1.82, 2.24) is 4.90 Å². The molecule has 0 radical (unpaired) electrons. The van der Waals surface area contributed by atoms with Gasteiger partial charge >= 0.3 is 0 Å². The Morgan fingerprint density at radius 3 is 2.58 bits per heavy atom. The number of thiocarbonyl (C=S) groups is 1. The first-order valence-electron chi connectivity index (χ1n) is 5.80. The number of nitrogens with one attached hydrogen (secondary N) is 1. The quantitative estimate of drug-likeness (QED) is 0.823. The van der Waals surface area contributed by atoms with Gasteiger partial charge in [0.05, 0.1) is 0 Å². The lowest BCUT2D eigenvalue weighted by atomic mass is 10.2. The van der Waals surface area contributed by atoms with Gasteiger partial charge < -0.3 is 16.0 Å². The van der Waals surface area contributed by atoms with Crippen LogP contribution in [0.4, 0.5) is 5.69 Å². The van der Waals surface area contributed by atoms with Crippen LogP contribution in [0.1, 0.15) is 12.8 Å². The number of carbonyl (C=O) groups excluding carboxylic acids is 1. The van der Waals surface area contributed by atoms with Gasteiger partial charge in [-0.25, -0.2) is 0 Å². The molecular formula is C12H13Cl2N3OS. The highest BCUT2D eigenvalue weighted by molar-refractivity contribution is 7.80. The van der Waals surface area contributed by atoms with Crippen LogP contribution >= 0.6 is 35.4 Å². The first-order valence-corrected chi connectivity index (χ1v) is 6.97. The summed E-state index contributed by atoms with van der Waals surface area (Å²) in [7, 11) is 0. The SMILES string of the molecule is NC(=O)[C@@H]1CCCN1C(=S)Nc1cc(Cl)cc(Cl)c1. The molecule has 4 nitrogen and oxygen atoms in total. The van der Waals surface area contributed by atoms with E-state index in [-0.39, 0.29) is 11.9 Å². The van der Waals surface area contributed by atoms with Crippen LogP contribution in [0.15, 0.2) is 18.2 Å². The number of primary amides is 1. The Kier molecular flexibility index (Phi) is 4.50. The number of likely N-dealkylation sites (tertiary alicyclic amines) is 1. The highest BCUT2D eigenvalue weighted by Crippen LogP contribution is 2.24. The number of hydrogen-bond donors (Lipinski definition) is 2. The first-order chi connectivity index (χ1) is 8.97. The van der Waals surface area contributed by atoms with Crippen LogP contribution in [0, 0.1) is 0 Å². The molecule has 0 aromatic heterocycles. The number of carbonyl (C=O) groups is 1. The monoisotopic (exact) mass is 317 g/mol. The normalized spacial score (nSPS) is 18.4. The number of nitrogens with two attached hydrogens (primary N) is 1. The van der Waals surface area contributed by atoms with Crippen molar-refractivity contribution in [3.63, 3.8) is 0 Å². The predicted molar refractivity (Wildman–Crippen MR) is 81.6 cm³/mol. The van der Waals surface area contributed by atoms with Gasteiger partial charge in [0.2, 0.25) is 5.91 Å². The Bertz CT molecular complexity index is 503. The molecular weight excluding hydrogens is 305 g/mol. The molecule has 1 aliphatic rings. The van der Waals surface area contributed by atoms with E-state index in [4.69, 9.17) is 41.2 Å². The second-order valence-corrected chi connectivity index (χ2v) is 5.60. The van der Waals surface area contributed by atoms with Crippen molar-refractivity contribution < 1.29 is 4.79 Å². The summed E-state index contributed by atoms with van der Waals surface area (Å²) in [4.78, 5) is 13.1. The fourth-order valence-corrected chi connectivity index (χ4v) is 2.99. The summed E-state index contributed by atoms with van der Waals surface area (Å²) in [6.07, 6.45) is 1.62. The molecule has 1 heterocycles. The molecule has 1 saturated heterocycles. The molecule has 1 aliphatic heterocycles. The summed E-state index contributed by atoms with van der Waals surface area (Å²) < 4.78 is 0. The zero-order valence-electron chi connectivity index (χ0n) is 10.0. The van der Waals surface area contributed by atoms with Crippen LogP contribution in [0.25, 0.3) is 0 Å². The Morgan fingerprint density at radius 1 is 1.37 bits per heavy atom. The second-order valence-electron chi connectivity index (χ2n) is 4.34. The standard InChI is InChI=1S/C12H13Cl2N3OS/c13-7-4-8(14)6-9(5-7)16-12(19)17-3-1-2-10(17)11(15)18/h4-6,10H,1-3H2,(H2,15,18)(H,16,19)/t10-/m0/s1. The Morgan fingerprint density at radius 2 is 2.00 bits per heavy atom. The summed E-state index contributed by atoms with van der Waals surface area (Å²) in [6.45, 7) is 0.716. The van der Waals surface area contributed by atoms with Gasteiger partial charge in [-0.2, -0.15) is 0 Å². The molecule has 1 amide bonds. The van der Waals surface area contributed by atoms with Crippen molar-refractivity contribution in [2.24, 2.45) is 5.73 Å². The van der Waals surface area contributed by atoms with E-state index < -0.39 is 0 Å². The minimum atomic E-state index is -0.356. The van der Waals surface area contributed by atoms with E-state index in [1.807, 2.05) is 0 Å². The molecule has 3 N–H and O–H groups in total. The fourth-order valence-electron chi connectivity index (χ4n) is 2.13. The summed E-state index contributed by atoms with van der Waals surface area (Å²) in [6, 6.07) is 4.73. The van der Waals surface area contributed by atoms with E-state index in [1.54, 1.807) is 23.1 Å². The molecule has 1 aromatic rings. The zero-order chi connectivity index (χ0) is 14.0. The molecule has 0 unspecified atom stereocenters. The van der Waals surface area contributed by atoms with Crippen LogP contribution in [0.3, 0.4) is 0 Å². The Hall–Kier alpha value is -1.04. The van der Waals surface area contributed by atoms with E-state index in [9.17, 15) is 4.79 Å². The summed E-state index contributed by atoms with van der Waals surface area (Å²) in [5, 5.41) is 4.53. The van der Waals surface area contributed by atoms with Crippen molar-refractivity contribution in [3.05, 3.63) is 28.2 Å². The molecule has 1 aromatic carbocycles. The largest absolute Gasteiger partial charge is 0.368 e. The van der Waals surface area contributed by atoms with Crippen molar-refractivity contribution in [2.45, 2.75) is 18.9 Å². The average molecular weight is 318 g/mol. The van der Waals surface area contributed by atoms with E-state index in [1.165, 1.54) is 0 Å². The van der Waals surface area contributed by atoms with Crippen LogP contribution in [-0.4, -0.2) is 28.5 Å². The lowest BCUT2D eigenvalue weighted by Gasteiger charge is -2.25. The van der Waals surface area contributed by atoms with Gasteiger partial charge in [0.15, 0.2) is 5.11 Å². The Balaban J connectivity index is 2.10. The minimum absolute atomic E-state index is 0.338. The fraction of sp³-hybridized carbons (Fsp3) is 0.333. The maximum atomic E-state index is 11.3. The van der Waals surface area contributed by atoms with E-state index >= 15 is 0 Å². The molecule has 0 bridgehead atoms. The lowest BCUT2D eigenvalue weighted by Crippen LogP contribution is -2.45. The maximum Gasteiger partial charge on any atom is 0.240 e. The highest BCUT2D eigenvalue weighted by Gasteiger charge is 2.30. The lowest BCUT2D eigenvalue weighted by molar-refractivity contribution is -0.121. The molecule has 2 rings (SSSR count). The topological polar surface area (TPSA) is 58.4 Å². The number of nitrogens with zero attached hydrogens (tertiary/aromatic N) is 1. The number of anilines is 1. The molecule has 0 aliphatic carbocycles. The third kappa shape index (κ3) is 3.49. The average Bonchev–Trinajstić information content (AvgIpc) is 2.75. The third-order valence-electron chi connectivity index (χ3n) is 2.96. The number of hydrogen-bond acceptors (Lipinski definition) is 2. The number of benzene rings is 1. The molecule has 0 spiro atoms. The first kappa shape index (κ1) is 14.4. The second kappa shape index (κ2) is 5.94. The van der Waals surface area contributed by atoms with Crippen LogP contribution in [0.2, 0.25) is 10.0 Å². The summed E-state index contributed by atoms with van der Waals surface area (Å²) in [5.74, 6) is -0.356. The summed E-state index contributed by atoms with van der Waals surface area (Å²) >= 11 is 17.1. The van der Waals surface area contributed by atoms with Gasteiger partial charge in [-0.05, 0) is 43.3 Å². The molecule has 0 saturated carbocycles. The molecule has 19 heavy (non-hydrogen) atoms. The maximum absolute atomic E-state index is 11.3. The van der Waals surface area contributed by atoms with Crippen molar-refractivity contribution in [1.29, 1.82) is 0 Å². The summed E-state index contributed by atoms with van der Waals surface area (Å²) in [5.41, 5.74) is 6.05.